The molecular weight excluding hydrogens is 222 g/mol. The minimum atomic E-state index is 0.897. The van der Waals surface area contributed by atoms with Gasteiger partial charge in [-0.1, -0.05) is 17.9 Å². The van der Waals surface area contributed by atoms with Crippen molar-refractivity contribution in [1.29, 1.82) is 0 Å². The zero-order valence-corrected chi connectivity index (χ0v) is 11.0. The van der Waals surface area contributed by atoms with E-state index in [2.05, 4.69) is 51.6 Å². The van der Waals surface area contributed by atoms with Crippen molar-refractivity contribution in [3.63, 3.8) is 0 Å². The van der Waals surface area contributed by atoms with Gasteiger partial charge in [-0.15, -0.1) is 0 Å². The van der Waals surface area contributed by atoms with Crippen molar-refractivity contribution in [1.82, 2.24) is 10.6 Å². The maximum atomic E-state index is 3.37. The number of anilines is 1. The first-order valence-electron chi connectivity index (χ1n) is 6.59. The molecule has 1 fully saturated rings. The Morgan fingerprint density at radius 3 is 2.94 bits per heavy atom. The lowest BCUT2D eigenvalue weighted by molar-refractivity contribution is 0.589. The van der Waals surface area contributed by atoms with Gasteiger partial charge in [0, 0.05) is 50.4 Å². The lowest BCUT2D eigenvalue weighted by Gasteiger charge is -2.29. The van der Waals surface area contributed by atoms with Gasteiger partial charge in [0.1, 0.15) is 0 Å². The molecule has 3 nitrogen and oxygen atoms in total. The van der Waals surface area contributed by atoms with Gasteiger partial charge in [-0.2, -0.15) is 0 Å². The van der Waals surface area contributed by atoms with E-state index < -0.39 is 0 Å². The molecule has 1 heterocycles. The summed E-state index contributed by atoms with van der Waals surface area (Å²) in [5.74, 6) is 6.42. The SMILES string of the molecule is CNCCC#Cc1cccc(N2CCNCC2)c1. The summed E-state index contributed by atoms with van der Waals surface area (Å²) < 4.78 is 0. The molecule has 0 amide bonds. The second-order valence-corrected chi connectivity index (χ2v) is 4.44. The highest BCUT2D eigenvalue weighted by Crippen LogP contribution is 2.16. The summed E-state index contributed by atoms with van der Waals surface area (Å²) in [4.78, 5) is 2.41. The van der Waals surface area contributed by atoms with Crippen LogP contribution in [-0.2, 0) is 0 Å². The van der Waals surface area contributed by atoms with E-state index in [1.54, 1.807) is 0 Å². The first-order chi connectivity index (χ1) is 8.90. The van der Waals surface area contributed by atoms with Crippen LogP contribution in [0, 0.1) is 11.8 Å². The fourth-order valence-corrected chi connectivity index (χ4v) is 2.06. The van der Waals surface area contributed by atoms with E-state index in [9.17, 15) is 0 Å². The van der Waals surface area contributed by atoms with Crippen LogP contribution in [0.2, 0.25) is 0 Å². The Hall–Kier alpha value is -1.50. The minimum Gasteiger partial charge on any atom is -0.369 e. The Labute approximate surface area is 110 Å². The third kappa shape index (κ3) is 3.76. The Balaban J connectivity index is 2.01. The Morgan fingerprint density at radius 2 is 2.17 bits per heavy atom. The van der Waals surface area contributed by atoms with E-state index in [1.807, 2.05) is 7.05 Å². The first kappa shape index (κ1) is 12.9. The largest absolute Gasteiger partial charge is 0.369 e. The number of benzene rings is 1. The van der Waals surface area contributed by atoms with Crippen molar-refractivity contribution in [2.75, 3.05) is 44.7 Å². The van der Waals surface area contributed by atoms with Gasteiger partial charge in [-0.25, -0.2) is 0 Å². The van der Waals surface area contributed by atoms with Crippen molar-refractivity contribution in [2.45, 2.75) is 6.42 Å². The Kier molecular flexibility index (Phi) is 5.07. The van der Waals surface area contributed by atoms with Gasteiger partial charge in [0.05, 0.1) is 0 Å². The maximum absolute atomic E-state index is 3.37. The summed E-state index contributed by atoms with van der Waals surface area (Å²) in [7, 11) is 1.95. The van der Waals surface area contributed by atoms with E-state index in [0.717, 1.165) is 44.7 Å². The van der Waals surface area contributed by atoms with Crippen molar-refractivity contribution in [3.8, 4) is 11.8 Å². The van der Waals surface area contributed by atoms with Crippen LogP contribution >= 0.6 is 0 Å². The van der Waals surface area contributed by atoms with Crippen molar-refractivity contribution >= 4 is 5.69 Å². The molecule has 0 spiro atoms. The molecule has 0 aliphatic carbocycles. The smallest absolute Gasteiger partial charge is 0.0379 e. The molecule has 0 radical (unpaired) electrons. The molecule has 18 heavy (non-hydrogen) atoms. The van der Waals surface area contributed by atoms with E-state index >= 15 is 0 Å². The van der Waals surface area contributed by atoms with Gasteiger partial charge < -0.3 is 15.5 Å². The highest BCUT2D eigenvalue weighted by Gasteiger charge is 2.09. The van der Waals surface area contributed by atoms with E-state index in [1.165, 1.54) is 5.69 Å². The van der Waals surface area contributed by atoms with Crippen LogP contribution < -0.4 is 15.5 Å². The summed E-state index contributed by atoms with van der Waals surface area (Å²) in [5, 5.41) is 6.47. The maximum Gasteiger partial charge on any atom is 0.0379 e. The average molecular weight is 243 g/mol. The van der Waals surface area contributed by atoms with Crippen LogP contribution in [0.5, 0.6) is 0 Å². The first-order valence-corrected chi connectivity index (χ1v) is 6.59. The molecule has 1 aliphatic rings. The second-order valence-electron chi connectivity index (χ2n) is 4.44. The van der Waals surface area contributed by atoms with Crippen molar-refractivity contribution in [2.24, 2.45) is 0 Å². The molecule has 0 unspecified atom stereocenters. The van der Waals surface area contributed by atoms with E-state index in [0.29, 0.717) is 0 Å². The predicted octanol–water partition coefficient (Wildman–Crippen LogP) is 1.06. The van der Waals surface area contributed by atoms with Gasteiger partial charge in [0.25, 0.3) is 0 Å². The number of hydrogen-bond acceptors (Lipinski definition) is 3. The monoisotopic (exact) mass is 243 g/mol. The standard InChI is InChI=1S/C15H21N3/c1-16-8-3-2-5-14-6-4-7-15(13-14)18-11-9-17-10-12-18/h4,6-7,13,16-17H,3,8-12H2,1H3. The van der Waals surface area contributed by atoms with Crippen LogP contribution in [0.4, 0.5) is 5.69 Å². The average Bonchev–Trinajstić information content (AvgIpc) is 2.45. The molecular formula is C15H21N3. The molecule has 0 bridgehead atoms. The summed E-state index contributed by atoms with van der Waals surface area (Å²) in [6.07, 6.45) is 0.897. The van der Waals surface area contributed by atoms with Crippen LogP contribution in [0.15, 0.2) is 24.3 Å². The molecule has 1 aliphatic heterocycles. The zero-order chi connectivity index (χ0) is 12.6. The van der Waals surface area contributed by atoms with E-state index in [-0.39, 0.29) is 0 Å². The topological polar surface area (TPSA) is 27.3 Å². The summed E-state index contributed by atoms with van der Waals surface area (Å²) in [5.41, 5.74) is 2.40. The predicted molar refractivity (Wildman–Crippen MR) is 76.9 cm³/mol. The van der Waals surface area contributed by atoms with Crippen LogP contribution in [-0.4, -0.2) is 39.8 Å². The molecule has 0 atom stereocenters. The van der Waals surface area contributed by atoms with Gasteiger partial charge in [0.2, 0.25) is 0 Å². The van der Waals surface area contributed by atoms with Crippen LogP contribution in [0.25, 0.3) is 0 Å². The van der Waals surface area contributed by atoms with Crippen molar-refractivity contribution in [3.05, 3.63) is 29.8 Å². The summed E-state index contributed by atoms with van der Waals surface area (Å²) in [6, 6.07) is 8.54. The lowest BCUT2D eigenvalue weighted by atomic mass is 10.1. The number of nitrogens with zero attached hydrogens (tertiary/aromatic N) is 1. The molecule has 0 aromatic heterocycles. The van der Waals surface area contributed by atoms with Crippen LogP contribution in [0.1, 0.15) is 12.0 Å². The Bertz CT molecular complexity index is 425. The highest BCUT2D eigenvalue weighted by molar-refractivity contribution is 5.52. The fourth-order valence-electron chi connectivity index (χ4n) is 2.06. The summed E-state index contributed by atoms with van der Waals surface area (Å²) >= 11 is 0. The van der Waals surface area contributed by atoms with E-state index in [4.69, 9.17) is 0 Å². The van der Waals surface area contributed by atoms with Crippen LogP contribution in [0.3, 0.4) is 0 Å². The fraction of sp³-hybridized carbons (Fsp3) is 0.467. The molecule has 2 rings (SSSR count). The Morgan fingerprint density at radius 1 is 1.33 bits per heavy atom. The number of nitrogens with one attached hydrogen (secondary N) is 2. The highest BCUT2D eigenvalue weighted by atomic mass is 15.2. The normalized spacial score (nSPS) is 15.1. The van der Waals surface area contributed by atoms with Gasteiger partial charge >= 0.3 is 0 Å². The lowest BCUT2D eigenvalue weighted by Crippen LogP contribution is -2.43. The summed E-state index contributed by atoms with van der Waals surface area (Å²) in [6.45, 7) is 5.24. The minimum absolute atomic E-state index is 0.897. The number of piperazine rings is 1. The van der Waals surface area contributed by atoms with Gasteiger partial charge in [0.15, 0.2) is 0 Å². The molecule has 96 valence electrons. The second kappa shape index (κ2) is 7.05. The molecule has 1 saturated heterocycles. The molecule has 1 aromatic rings. The number of rotatable bonds is 3. The molecule has 1 aromatic carbocycles. The number of hydrogen-bond donors (Lipinski definition) is 2. The van der Waals surface area contributed by atoms with Gasteiger partial charge in [-0.3, -0.25) is 0 Å². The quantitative estimate of drug-likeness (QED) is 0.614. The van der Waals surface area contributed by atoms with Gasteiger partial charge in [-0.05, 0) is 25.2 Å². The third-order valence-corrected chi connectivity index (χ3v) is 3.06. The third-order valence-electron chi connectivity index (χ3n) is 3.06. The molecule has 3 heteroatoms. The molecule has 2 N–H and O–H groups in total. The van der Waals surface area contributed by atoms with Crippen molar-refractivity contribution < 1.29 is 0 Å². The zero-order valence-electron chi connectivity index (χ0n) is 11.0. The molecule has 0 saturated carbocycles.